The molecule has 5 nitrogen and oxygen atoms in total. The number of aromatic hydroxyl groups is 1. The quantitative estimate of drug-likeness (QED) is 0.434. The average molecular weight is 395 g/mol. The molecule has 0 radical (unpaired) electrons. The van der Waals surface area contributed by atoms with Gasteiger partial charge in [0.2, 0.25) is 0 Å². The van der Waals surface area contributed by atoms with E-state index in [0.29, 0.717) is 5.75 Å². The van der Waals surface area contributed by atoms with E-state index in [1.54, 1.807) is 12.1 Å². The van der Waals surface area contributed by atoms with Gasteiger partial charge < -0.3 is 9.84 Å². The minimum Gasteiger partial charge on any atom is -0.504 e. The van der Waals surface area contributed by atoms with Gasteiger partial charge in [-0.3, -0.25) is 4.98 Å². The van der Waals surface area contributed by atoms with Crippen LogP contribution in [-0.2, 0) is 0 Å². The van der Waals surface area contributed by atoms with Crippen LogP contribution < -0.4 is 4.74 Å². The van der Waals surface area contributed by atoms with Gasteiger partial charge in [-0.25, -0.2) is 4.68 Å². The van der Waals surface area contributed by atoms with Crippen LogP contribution in [0.3, 0.4) is 0 Å². The van der Waals surface area contributed by atoms with Gasteiger partial charge in [-0.05, 0) is 61.4 Å². The number of methoxy groups -OCH3 is 1. The lowest BCUT2D eigenvalue weighted by Gasteiger charge is -2.08. The number of pyridine rings is 1. The molecule has 0 bridgehead atoms. The van der Waals surface area contributed by atoms with E-state index in [1.807, 2.05) is 35.1 Å². The number of hydrogen-bond acceptors (Lipinski definition) is 4. The Balaban J connectivity index is 1.86. The number of hydrogen-bond donors (Lipinski definition) is 1. The Morgan fingerprint density at radius 2 is 1.73 bits per heavy atom. The van der Waals surface area contributed by atoms with Crippen molar-refractivity contribution in [3.8, 4) is 28.4 Å². The number of benzene rings is 3. The fraction of sp³-hybridized carbons (Fsp3) is 0.120. The van der Waals surface area contributed by atoms with Crippen LogP contribution in [0, 0.1) is 13.8 Å². The third-order valence-electron chi connectivity index (χ3n) is 5.60. The molecule has 0 aliphatic carbocycles. The van der Waals surface area contributed by atoms with Gasteiger partial charge in [0.1, 0.15) is 5.69 Å². The molecule has 0 unspecified atom stereocenters. The van der Waals surface area contributed by atoms with E-state index in [-0.39, 0.29) is 5.75 Å². The lowest BCUT2D eigenvalue weighted by atomic mass is 10.1. The zero-order chi connectivity index (χ0) is 20.8. The first-order chi connectivity index (χ1) is 14.6. The van der Waals surface area contributed by atoms with E-state index >= 15 is 0 Å². The summed E-state index contributed by atoms with van der Waals surface area (Å²) in [4.78, 5) is 4.65. The summed E-state index contributed by atoms with van der Waals surface area (Å²) < 4.78 is 7.17. The average Bonchev–Trinajstić information content (AvgIpc) is 3.16. The largest absolute Gasteiger partial charge is 0.504 e. The number of nitrogens with zero attached hydrogens (tertiary/aromatic N) is 3. The molecule has 3 aromatic carbocycles. The van der Waals surface area contributed by atoms with Crippen molar-refractivity contribution in [2.24, 2.45) is 0 Å². The molecule has 0 saturated heterocycles. The van der Waals surface area contributed by atoms with E-state index in [2.05, 4.69) is 43.1 Å². The van der Waals surface area contributed by atoms with Crippen LogP contribution in [0.4, 0.5) is 0 Å². The lowest BCUT2D eigenvalue weighted by molar-refractivity contribution is 0.373. The Hall–Kier alpha value is -3.86. The van der Waals surface area contributed by atoms with E-state index in [0.717, 1.165) is 38.8 Å². The van der Waals surface area contributed by atoms with Gasteiger partial charge in [-0.2, -0.15) is 5.10 Å². The van der Waals surface area contributed by atoms with Crippen molar-refractivity contribution in [2.45, 2.75) is 13.8 Å². The third kappa shape index (κ3) is 2.78. The Bertz CT molecular complexity index is 1420. The van der Waals surface area contributed by atoms with Gasteiger partial charge in [0.05, 0.1) is 23.8 Å². The Morgan fingerprint density at radius 1 is 0.900 bits per heavy atom. The topological polar surface area (TPSA) is 60.2 Å². The highest BCUT2D eigenvalue weighted by Gasteiger charge is 2.18. The van der Waals surface area contributed by atoms with Crippen molar-refractivity contribution < 1.29 is 9.84 Å². The standard InChI is InChI=1S/C25H21N3O2/c1-15-8-10-18(12-16(15)2)28-25-19-6-4-5-7-21(19)26-14-20(25)24(27-28)17-9-11-23(30-3)22(29)13-17/h4-14,29H,1-3H3. The first kappa shape index (κ1) is 18.2. The molecular formula is C25H21N3O2. The molecule has 0 saturated carbocycles. The number of phenols is 1. The molecule has 2 aromatic heterocycles. The summed E-state index contributed by atoms with van der Waals surface area (Å²) >= 11 is 0. The summed E-state index contributed by atoms with van der Waals surface area (Å²) in [7, 11) is 1.54. The maximum absolute atomic E-state index is 10.3. The van der Waals surface area contributed by atoms with Gasteiger partial charge >= 0.3 is 0 Å². The van der Waals surface area contributed by atoms with Gasteiger partial charge in [0, 0.05) is 22.5 Å². The number of phenolic OH excluding ortho intramolecular Hbond substituents is 1. The van der Waals surface area contributed by atoms with Crippen LogP contribution in [0.25, 0.3) is 38.8 Å². The summed E-state index contributed by atoms with van der Waals surface area (Å²) in [6, 6.07) is 19.7. The molecular weight excluding hydrogens is 374 g/mol. The fourth-order valence-electron chi connectivity index (χ4n) is 3.83. The minimum absolute atomic E-state index is 0.0811. The van der Waals surface area contributed by atoms with Gasteiger partial charge in [-0.15, -0.1) is 0 Å². The number of rotatable bonds is 3. The normalized spacial score (nSPS) is 11.3. The molecule has 0 aliphatic rings. The molecule has 2 heterocycles. The predicted octanol–water partition coefficient (Wildman–Crippen LogP) is 5.57. The van der Waals surface area contributed by atoms with Crippen molar-refractivity contribution >= 4 is 21.8 Å². The van der Waals surface area contributed by atoms with Crippen LogP contribution in [0.5, 0.6) is 11.5 Å². The van der Waals surface area contributed by atoms with Crippen LogP contribution in [0.2, 0.25) is 0 Å². The SMILES string of the molecule is COc1ccc(-c2nn(-c3ccc(C)c(C)c3)c3c2cnc2ccccc23)cc1O. The zero-order valence-corrected chi connectivity index (χ0v) is 17.0. The number of para-hydroxylation sites is 1. The highest BCUT2D eigenvalue weighted by atomic mass is 16.5. The second-order valence-electron chi connectivity index (χ2n) is 7.45. The van der Waals surface area contributed by atoms with Crippen LogP contribution in [0.1, 0.15) is 11.1 Å². The summed E-state index contributed by atoms with van der Waals surface area (Å²) in [6.45, 7) is 4.21. The van der Waals surface area contributed by atoms with E-state index in [9.17, 15) is 5.11 Å². The molecule has 0 aliphatic heterocycles. The van der Waals surface area contributed by atoms with Crippen molar-refractivity contribution in [2.75, 3.05) is 7.11 Å². The van der Waals surface area contributed by atoms with Crippen molar-refractivity contribution in [3.63, 3.8) is 0 Å². The second kappa shape index (κ2) is 6.88. The number of ether oxygens (including phenoxy) is 1. The smallest absolute Gasteiger partial charge is 0.160 e. The van der Waals surface area contributed by atoms with Crippen molar-refractivity contribution in [1.82, 2.24) is 14.8 Å². The Labute approximate surface area is 174 Å². The molecule has 0 fully saturated rings. The van der Waals surface area contributed by atoms with Crippen LogP contribution in [0.15, 0.2) is 66.9 Å². The van der Waals surface area contributed by atoms with Crippen molar-refractivity contribution in [1.29, 1.82) is 0 Å². The summed E-state index contributed by atoms with van der Waals surface area (Å²) in [5.41, 5.74) is 6.91. The molecule has 30 heavy (non-hydrogen) atoms. The summed E-state index contributed by atoms with van der Waals surface area (Å²) in [5.74, 6) is 0.512. The molecule has 5 heteroatoms. The summed E-state index contributed by atoms with van der Waals surface area (Å²) in [5, 5.41) is 17.2. The Morgan fingerprint density at radius 3 is 2.50 bits per heavy atom. The first-order valence-corrected chi connectivity index (χ1v) is 9.78. The minimum atomic E-state index is 0.0811. The molecule has 5 rings (SSSR count). The second-order valence-corrected chi connectivity index (χ2v) is 7.45. The number of aryl methyl sites for hydroxylation is 2. The van der Waals surface area contributed by atoms with E-state index in [1.165, 1.54) is 18.2 Å². The highest BCUT2D eigenvalue weighted by Crippen LogP contribution is 2.37. The van der Waals surface area contributed by atoms with Gasteiger partial charge in [0.25, 0.3) is 0 Å². The molecule has 0 atom stereocenters. The van der Waals surface area contributed by atoms with Crippen molar-refractivity contribution in [3.05, 3.63) is 78.0 Å². The monoisotopic (exact) mass is 395 g/mol. The first-order valence-electron chi connectivity index (χ1n) is 9.78. The molecule has 148 valence electrons. The van der Waals surface area contributed by atoms with Crippen LogP contribution in [-0.4, -0.2) is 27.0 Å². The number of fused-ring (bicyclic) bond motifs is 3. The van der Waals surface area contributed by atoms with Gasteiger partial charge in [-0.1, -0.05) is 24.3 Å². The van der Waals surface area contributed by atoms with Gasteiger partial charge in [0.15, 0.2) is 11.5 Å². The maximum atomic E-state index is 10.3. The Kier molecular flexibility index (Phi) is 4.17. The molecule has 1 N–H and O–H groups in total. The maximum Gasteiger partial charge on any atom is 0.160 e. The highest BCUT2D eigenvalue weighted by molar-refractivity contribution is 6.08. The third-order valence-corrected chi connectivity index (χ3v) is 5.60. The van der Waals surface area contributed by atoms with E-state index < -0.39 is 0 Å². The fourth-order valence-corrected chi connectivity index (χ4v) is 3.83. The zero-order valence-electron chi connectivity index (χ0n) is 17.0. The van der Waals surface area contributed by atoms with Crippen LogP contribution >= 0.6 is 0 Å². The molecule has 0 amide bonds. The number of aromatic nitrogens is 3. The van der Waals surface area contributed by atoms with E-state index in [4.69, 9.17) is 9.84 Å². The lowest BCUT2D eigenvalue weighted by Crippen LogP contribution is -1.98. The predicted molar refractivity (Wildman–Crippen MR) is 119 cm³/mol. The molecule has 5 aromatic rings. The molecule has 0 spiro atoms. The summed E-state index contributed by atoms with van der Waals surface area (Å²) in [6.07, 6.45) is 1.86.